The standard InChI is InChI=1S/C15H16N2O3/c1-9-3-4-10(7-13(9)18)15(19)17-11-5-6-14(20-2)12(16)8-11/h3-8,18H,16H2,1-2H3,(H,17,19). The lowest BCUT2D eigenvalue weighted by atomic mass is 10.1. The molecule has 2 aromatic rings. The zero-order chi connectivity index (χ0) is 14.7. The number of nitrogen functional groups attached to an aromatic ring is 1. The van der Waals surface area contributed by atoms with E-state index in [1.165, 1.54) is 13.2 Å². The summed E-state index contributed by atoms with van der Waals surface area (Å²) in [6.45, 7) is 1.77. The molecule has 5 heteroatoms. The van der Waals surface area contributed by atoms with E-state index in [1.807, 2.05) is 0 Å². The Hall–Kier alpha value is -2.69. The summed E-state index contributed by atoms with van der Waals surface area (Å²) < 4.78 is 5.05. The van der Waals surface area contributed by atoms with E-state index in [-0.39, 0.29) is 11.7 Å². The summed E-state index contributed by atoms with van der Waals surface area (Å²) >= 11 is 0. The van der Waals surface area contributed by atoms with E-state index in [1.54, 1.807) is 37.3 Å². The van der Waals surface area contributed by atoms with E-state index in [9.17, 15) is 9.90 Å². The van der Waals surface area contributed by atoms with Gasteiger partial charge in [-0.3, -0.25) is 4.79 Å². The number of carbonyl (C=O) groups excluding carboxylic acids is 1. The minimum absolute atomic E-state index is 0.0897. The van der Waals surface area contributed by atoms with Crippen molar-refractivity contribution in [3.8, 4) is 11.5 Å². The van der Waals surface area contributed by atoms with E-state index in [0.29, 0.717) is 22.7 Å². The third kappa shape index (κ3) is 2.83. The molecule has 0 atom stereocenters. The quantitative estimate of drug-likeness (QED) is 0.750. The minimum Gasteiger partial charge on any atom is -0.508 e. The van der Waals surface area contributed by atoms with Crippen molar-refractivity contribution in [3.05, 3.63) is 47.5 Å². The van der Waals surface area contributed by atoms with Gasteiger partial charge in [0.25, 0.3) is 5.91 Å². The topological polar surface area (TPSA) is 84.6 Å². The number of hydrogen-bond acceptors (Lipinski definition) is 4. The van der Waals surface area contributed by atoms with Gasteiger partial charge in [0.1, 0.15) is 11.5 Å². The molecule has 0 bridgehead atoms. The summed E-state index contributed by atoms with van der Waals surface area (Å²) in [6.07, 6.45) is 0. The number of phenols is 1. The Labute approximate surface area is 117 Å². The van der Waals surface area contributed by atoms with E-state index in [4.69, 9.17) is 10.5 Å². The van der Waals surface area contributed by atoms with Crippen LogP contribution in [0.4, 0.5) is 11.4 Å². The van der Waals surface area contributed by atoms with Gasteiger partial charge in [0.05, 0.1) is 12.8 Å². The number of carbonyl (C=O) groups is 1. The lowest BCUT2D eigenvalue weighted by Gasteiger charge is -2.09. The van der Waals surface area contributed by atoms with Gasteiger partial charge < -0.3 is 20.9 Å². The molecular formula is C15H16N2O3. The van der Waals surface area contributed by atoms with Gasteiger partial charge in [-0.25, -0.2) is 0 Å². The Balaban J connectivity index is 2.19. The maximum absolute atomic E-state index is 12.0. The van der Waals surface area contributed by atoms with Crippen LogP contribution in [0.2, 0.25) is 0 Å². The van der Waals surface area contributed by atoms with E-state index < -0.39 is 0 Å². The third-order valence-corrected chi connectivity index (χ3v) is 2.96. The average molecular weight is 272 g/mol. The van der Waals surface area contributed by atoms with Crippen LogP contribution in [0.15, 0.2) is 36.4 Å². The minimum atomic E-state index is -0.315. The fourth-order valence-electron chi connectivity index (χ4n) is 1.77. The molecule has 5 nitrogen and oxygen atoms in total. The van der Waals surface area contributed by atoms with Crippen molar-refractivity contribution in [1.82, 2.24) is 0 Å². The number of amides is 1. The van der Waals surface area contributed by atoms with Crippen LogP contribution in [0.1, 0.15) is 15.9 Å². The lowest BCUT2D eigenvalue weighted by molar-refractivity contribution is 0.102. The lowest BCUT2D eigenvalue weighted by Crippen LogP contribution is -2.12. The number of anilines is 2. The number of aromatic hydroxyl groups is 1. The van der Waals surface area contributed by atoms with Gasteiger partial charge in [0.2, 0.25) is 0 Å². The highest BCUT2D eigenvalue weighted by atomic mass is 16.5. The Bertz CT molecular complexity index is 654. The van der Waals surface area contributed by atoms with E-state index in [0.717, 1.165) is 5.56 Å². The predicted octanol–water partition coefficient (Wildman–Crippen LogP) is 2.54. The number of benzene rings is 2. The summed E-state index contributed by atoms with van der Waals surface area (Å²) in [5, 5.41) is 12.3. The summed E-state index contributed by atoms with van der Waals surface area (Å²) in [5.41, 5.74) is 7.87. The molecule has 0 heterocycles. The summed E-state index contributed by atoms with van der Waals surface area (Å²) in [4.78, 5) is 12.0. The number of nitrogens with two attached hydrogens (primary N) is 1. The normalized spacial score (nSPS) is 10.1. The van der Waals surface area contributed by atoms with Crippen LogP contribution in [0, 0.1) is 6.92 Å². The van der Waals surface area contributed by atoms with Crippen molar-refractivity contribution in [1.29, 1.82) is 0 Å². The van der Waals surface area contributed by atoms with Crippen LogP contribution in [0.3, 0.4) is 0 Å². The molecular weight excluding hydrogens is 256 g/mol. The van der Waals surface area contributed by atoms with Crippen LogP contribution in [-0.2, 0) is 0 Å². The second-order valence-corrected chi connectivity index (χ2v) is 4.41. The maximum atomic E-state index is 12.0. The zero-order valence-electron chi connectivity index (χ0n) is 11.3. The van der Waals surface area contributed by atoms with Gasteiger partial charge in [-0.15, -0.1) is 0 Å². The molecule has 0 aliphatic heterocycles. The first-order valence-corrected chi connectivity index (χ1v) is 6.05. The van der Waals surface area contributed by atoms with Crippen molar-refractivity contribution in [2.24, 2.45) is 0 Å². The van der Waals surface area contributed by atoms with E-state index in [2.05, 4.69) is 5.32 Å². The Morgan fingerprint density at radius 1 is 1.25 bits per heavy atom. The van der Waals surface area contributed by atoms with Gasteiger partial charge in [-0.05, 0) is 42.8 Å². The molecule has 0 unspecified atom stereocenters. The van der Waals surface area contributed by atoms with Gasteiger partial charge in [-0.1, -0.05) is 6.07 Å². The SMILES string of the molecule is COc1ccc(NC(=O)c2ccc(C)c(O)c2)cc1N. The first-order valence-electron chi connectivity index (χ1n) is 6.05. The van der Waals surface area contributed by atoms with Crippen molar-refractivity contribution >= 4 is 17.3 Å². The number of methoxy groups -OCH3 is 1. The summed E-state index contributed by atoms with van der Waals surface area (Å²) in [6, 6.07) is 9.75. The maximum Gasteiger partial charge on any atom is 0.255 e. The summed E-state index contributed by atoms with van der Waals surface area (Å²) in [7, 11) is 1.53. The van der Waals surface area contributed by atoms with Crippen LogP contribution < -0.4 is 15.8 Å². The number of aryl methyl sites for hydroxylation is 1. The molecule has 2 aromatic carbocycles. The molecule has 4 N–H and O–H groups in total. The molecule has 0 aromatic heterocycles. The highest BCUT2D eigenvalue weighted by Crippen LogP contribution is 2.25. The molecule has 20 heavy (non-hydrogen) atoms. The first-order chi connectivity index (χ1) is 9.51. The number of ether oxygens (including phenoxy) is 1. The molecule has 0 aliphatic carbocycles. The molecule has 1 amide bonds. The highest BCUT2D eigenvalue weighted by Gasteiger charge is 2.09. The smallest absolute Gasteiger partial charge is 0.255 e. The highest BCUT2D eigenvalue weighted by molar-refractivity contribution is 6.04. The Morgan fingerprint density at radius 2 is 2.00 bits per heavy atom. The third-order valence-electron chi connectivity index (χ3n) is 2.96. The Kier molecular flexibility index (Phi) is 3.79. The fourth-order valence-corrected chi connectivity index (χ4v) is 1.77. The number of nitrogens with one attached hydrogen (secondary N) is 1. The zero-order valence-corrected chi connectivity index (χ0v) is 11.3. The Morgan fingerprint density at radius 3 is 2.60 bits per heavy atom. The summed E-state index contributed by atoms with van der Waals surface area (Å²) in [5.74, 6) is 0.327. The van der Waals surface area contributed by atoms with Crippen LogP contribution in [0.25, 0.3) is 0 Å². The van der Waals surface area contributed by atoms with Crippen molar-refractivity contribution in [3.63, 3.8) is 0 Å². The first kappa shape index (κ1) is 13.7. The molecule has 104 valence electrons. The van der Waals surface area contributed by atoms with Gasteiger partial charge >= 0.3 is 0 Å². The number of rotatable bonds is 3. The van der Waals surface area contributed by atoms with Crippen LogP contribution in [0.5, 0.6) is 11.5 Å². The predicted molar refractivity (Wildman–Crippen MR) is 78.2 cm³/mol. The molecule has 2 rings (SSSR count). The van der Waals surface area contributed by atoms with Gasteiger partial charge in [0.15, 0.2) is 0 Å². The fraction of sp³-hybridized carbons (Fsp3) is 0.133. The second-order valence-electron chi connectivity index (χ2n) is 4.41. The molecule has 0 aliphatic rings. The molecule has 0 saturated heterocycles. The molecule has 0 fully saturated rings. The van der Waals surface area contributed by atoms with Gasteiger partial charge in [-0.2, -0.15) is 0 Å². The molecule has 0 saturated carbocycles. The van der Waals surface area contributed by atoms with Gasteiger partial charge in [0, 0.05) is 11.3 Å². The van der Waals surface area contributed by atoms with Crippen molar-refractivity contribution < 1.29 is 14.6 Å². The number of phenolic OH excluding ortho intramolecular Hbond substituents is 1. The van der Waals surface area contributed by atoms with E-state index >= 15 is 0 Å². The largest absolute Gasteiger partial charge is 0.508 e. The molecule has 0 radical (unpaired) electrons. The monoisotopic (exact) mass is 272 g/mol. The molecule has 0 spiro atoms. The van der Waals surface area contributed by atoms with Crippen LogP contribution in [-0.4, -0.2) is 18.1 Å². The average Bonchev–Trinajstić information content (AvgIpc) is 2.42. The van der Waals surface area contributed by atoms with Crippen molar-refractivity contribution in [2.45, 2.75) is 6.92 Å². The number of hydrogen-bond donors (Lipinski definition) is 3. The second kappa shape index (κ2) is 5.52. The van der Waals surface area contributed by atoms with Crippen LogP contribution >= 0.6 is 0 Å². The van der Waals surface area contributed by atoms with Crippen molar-refractivity contribution in [2.75, 3.05) is 18.2 Å².